The van der Waals surface area contributed by atoms with Crippen molar-refractivity contribution in [3.63, 3.8) is 0 Å². The number of aliphatic hydroxyl groups is 2. The molecule has 2 rings (SSSR count). The van der Waals surface area contributed by atoms with E-state index in [0.717, 1.165) is 77.0 Å². The van der Waals surface area contributed by atoms with Crippen LogP contribution in [0.25, 0.3) is 0 Å². The maximum absolute atomic E-state index is 12.1. The van der Waals surface area contributed by atoms with Gasteiger partial charge < -0.3 is 19.7 Å². The van der Waals surface area contributed by atoms with E-state index >= 15 is 0 Å². The molecule has 2 saturated carbocycles. The minimum atomic E-state index is -1.89. The number of carbonyl (C=O) groups excluding carboxylic acids is 2. The molecule has 0 heterocycles. The molecule has 2 aliphatic carbocycles. The van der Waals surface area contributed by atoms with Crippen molar-refractivity contribution in [1.82, 2.24) is 0 Å². The Hall–Kier alpha value is -1.14. The minimum Gasteiger partial charge on any atom is -0.460 e. The highest BCUT2D eigenvalue weighted by Gasteiger charge is 2.35. The smallest absolute Gasteiger partial charge is 0.338 e. The van der Waals surface area contributed by atoms with Gasteiger partial charge in [-0.1, -0.05) is 38.5 Å². The number of esters is 2. The highest BCUT2D eigenvalue weighted by molar-refractivity contribution is 5.85. The summed E-state index contributed by atoms with van der Waals surface area (Å²) in [5.74, 6) is -1.87. The third-order valence-electron chi connectivity index (χ3n) is 5.45. The molecule has 2 N–H and O–H groups in total. The Morgan fingerprint density at radius 3 is 1.15 bits per heavy atom. The van der Waals surface area contributed by atoms with Gasteiger partial charge in [0.25, 0.3) is 0 Å². The minimum absolute atomic E-state index is 0.244. The highest BCUT2D eigenvalue weighted by Crippen LogP contribution is 2.22. The first-order valence-corrected chi connectivity index (χ1v) is 10.3. The molecule has 6 nitrogen and oxygen atoms in total. The maximum Gasteiger partial charge on any atom is 0.338 e. The molecule has 2 unspecified atom stereocenters. The Labute approximate surface area is 156 Å². The first kappa shape index (κ1) is 21.2. The van der Waals surface area contributed by atoms with E-state index in [2.05, 4.69) is 0 Å². The molecule has 0 saturated heterocycles. The van der Waals surface area contributed by atoms with Gasteiger partial charge >= 0.3 is 11.9 Å². The van der Waals surface area contributed by atoms with Crippen LogP contribution in [0, 0.1) is 0 Å². The quantitative estimate of drug-likeness (QED) is 0.723. The van der Waals surface area contributed by atoms with Crippen molar-refractivity contribution in [2.24, 2.45) is 0 Å². The molecule has 150 valence electrons. The van der Waals surface area contributed by atoms with Crippen molar-refractivity contribution < 1.29 is 29.3 Å². The van der Waals surface area contributed by atoms with Gasteiger partial charge in [-0.15, -0.1) is 0 Å². The molecule has 0 aliphatic heterocycles. The van der Waals surface area contributed by atoms with Crippen LogP contribution in [0.2, 0.25) is 0 Å². The van der Waals surface area contributed by atoms with Gasteiger partial charge in [-0.2, -0.15) is 0 Å². The van der Waals surface area contributed by atoms with Crippen LogP contribution in [0.5, 0.6) is 0 Å². The monoisotopic (exact) mass is 370 g/mol. The van der Waals surface area contributed by atoms with Gasteiger partial charge in [-0.05, 0) is 51.4 Å². The second-order valence-corrected chi connectivity index (χ2v) is 7.70. The fourth-order valence-electron chi connectivity index (χ4n) is 3.80. The predicted molar refractivity (Wildman–Crippen MR) is 96.4 cm³/mol. The Bertz CT molecular complexity index is 382. The second kappa shape index (κ2) is 11.5. The zero-order valence-electron chi connectivity index (χ0n) is 15.7. The molecule has 0 radical (unpaired) electrons. The molecule has 2 atom stereocenters. The van der Waals surface area contributed by atoms with Gasteiger partial charge in [0, 0.05) is 0 Å². The molecular weight excluding hydrogens is 336 g/mol. The van der Waals surface area contributed by atoms with Crippen LogP contribution in [-0.4, -0.2) is 46.6 Å². The molecule has 0 bridgehead atoms. The normalized spacial score (nSPS) is 23.6. The van der Waals surface area contributed by atoms with Gasteiger partial charge in [0.1, 0.15) is 12.2 Å². The van der Waals surface area contributed by atoms with Crippen LogP contribution >= 0.6 is 0 Å². The zero-order chi connectivity index (χ0) is 18.8. The number of ether oxygens (including phenoxy) is 2. The summed E-state index contributed by atoms with van der Waals surface area (Å²) in [6, 6.07) is 0. The van der Waals surface area contributed by atoms with Gasteiger partial charge in [0.05, 0.1) is 0 Å². The zero-order valence-corrected chi connectivity index (χ0v) is 15.7. The van der Waals surface area contributed by atoms with Crippen molar-refractivity contribution in [3.8, 4) is 0 Å². The van der Waals surface area contributed by atoms with E-state index in [1.165, 1.54) is 12.8 Å². The molecule has 0 spiro atoms. The van der Waals surface area contributed by atoms with Crippen LogP contribution in [0.4, 0.5) is 0 Å². The van der Waals surface area contributed by atoms with E-state index in [-0.39, 0.29) is 12.2 Å². The van der Waals surface area contributed by atoms with E-state index in [4.69, 9.17) is 9.47 Å². The third-order valence-corrected chi connectivity index (χ3v) is 5.45. The lowest BCUT2D eigenvalue weighted by molar-refractivity contribution is -0.179. The van der Waals surface area contributed by atoms with E-state index in [9.17, 15) is 19.8 Å². The number of hydrogen-bond donors (Lipinski definition) is 2. The van der Waals surface area contributed by atoms with Crippen molar-refractivity contribution in [1.29, 1.82) is 0 Å². The Morgan fingerprint density at radius 2 is 0.846 bits per heavy atom. The standard InChI is InChI=1S/C20H34O6/c21-17(19(23)25-15-11-7-3-1-4-8-12-15)18(22)20(24)26-16-13-9-5-2-6-10-14-16/h15-18,21-22H,1-14H2. The lowest BCUT2D eigenvalue weighted by Gasteiger charge is -2.24. The lowest BCUT2D eigenvalue weighted by Crippen LogP contribution is -2.43. The maximum atomic E-state index is 12.1. The van der Waals surface area contributed by atoms with Gasteiger partial charge in [0.2, 0.25) is 0 Å². The highest BCUT2D eigenvalue weighted by atomic mass is 16.6. The Kier molecular flexibility index (Phi) is 9.40. The molecule has 0 aromatic rings. The summed E-state index contributed by atoms with van der Waals surface area (Å²) in [4.78, 5) is 24.2. The summed E-state index contributed by atoms with van der Waals surface area (Å²) in [6.45, 7) is 0. The molecule has 2 fully saturated rings. The van der Waals surface area contributed by atoms with E-state index < -0.39 is 24.1 Å². The molecule has 0 amide bonds. The average molecular weight is 370 g/mol. The summed E-state index contributed by atoms with van der Waals surface area (Å²) in [7, 11) is 0. The van der Waals surface area contributed by atoms with E-state index in [1.54, 1.807) is 0 Å². The summed E-state index contributed by atoms with van der Waals surface area (Å²) < 4.78 is 10.7. The second-order valence-electron chi connectivity index (χ2n) is 7.70. The van der Waals surface area contributed by atoms with E-state index in [0.29, 0.717) is 0 Å². The SMILES string of the molecule is O=C(OC1CCCCCCC1)C(O)C(O)C(=O)OC1CCCCCCC1. The summed E-state index contributed by atoms with van der Waals surface area (Å²) in [5, 5.41) is 20.0. The molecule has 2 aliphatic rings. The average Bonchev–Trinajstić information content (AvgIpc) is 2.57. The van der Waals surface area contributed by atoms with E-state index in [1.807, 2.05) is 0 Å². The first-order chi connectivity index (χ1) is 12.6. The van der Waals surface area contributed by atoms with Crippen LogP contribution in [0.1, 0.15) is 89.9 Å². The van der Waals surface area contributed by atoms with Gasteiger partial charge in [-0.3, -0.25) is 0 Å². The third kappa shape index (κ3) is 7.23. The topological polar surface area (TPSA) is 93.1 Å². The molecule has 0 aromatic carbocycles. The van der Waals surface area contributed by atoms with Crippen molar-refractivity contribution in [2.75, 3.05) is 0 Å². The van der Waals surface area contributed by atoms with Crippen LogP contribution < -0.4 is 0 Å². The van der Waals surface area contributed by atoms with Gasteiger partial charge in [0.15, 0.2) is 12.2 Å². The fraction of sp³-hybridized carbons (Fsp3) is 0.900. The van der Waals surface area contributed by atoms with Crippen LogP contribution in [-0.2, 0) is 19.1 Å². The van der Waals surface area contributed by atoms with Crippen molar-refractivity contribution >= 4 is 11.9 Å². The molecular formula is C20H34O6. The molecule has 26 heavy (non-hydrogen) atoms. The van der Waals surface area contributed by atoms with Crippen LogP contribution in [0.15, 0.2) is 0 Å². The van der Waals surface area contributed by atoms with Crippen LogP contribution in [0.3, 0.4) is 0 Å². The summed E-state index contributed by atoms with van der Waals surface area (Å²) >= 11 is 0. The Morgan fingerprint density at radius 1 is 0.577 bits per heavy atom. The lowest BCUT2D eigenvalue weighted by atomic mass is 9.98. The fourth-order valence-corrected chi connectivity index (χ4v) is 3.80. The predicted octanol–water partition coefficient (Wildman–Crippen LogP) is 3.02. The summed E-state index contributed by atoms with van der Waals surface area (Å²) in [5.41, 5.74) is 0. The summed E-state index contributed by atoms with van der Waals surface area (Å²) in [6.07, 6.45) is 9.62. The van der Waals surface area contributed by atoms with Crippen molar-refractivity contribution in [2.45, 2.75) is 114 Å². The number of hydrogen-bond acceptors (Lipinski definition) is 6. The van der Waals surface area contributed by atoms with Crippen molar-refractivity contribution in [3.05, 3.63) is 0 Å². The van der Waals surface area contributed by atoms with Gasteiger partial charge in [-0.25, -0.2) is 9.59 Å². The molecule has 6 heteroatoms. The number of carbonyl (C=O) groups is 2. The number of rotatable bonds is 5. The molecule has 0 aromatic heterocycles. The largest absolute Gasteiger partial charge is 0.460 e. The first-order valence-electron chi connectivity index (χ1n) is 10.3. The Balaban J connectivity index is 1.78. The number of aliphatic hydroxyl groups excluding tert-OH is 2.